The molecule has 18 heavy (non-hydrogen) atoms. The summed E-state index contributed by atoms with van der Waals surface area (Å²) in [6.07, 6.45) is 3.43. The van der Waals surface area contributed by atoms with E-state index in [1.54, 1.807) is 29.2 Å². The topological polar surface area (TPSA) is 53.1 Å². The molecule has 0 aliphatic carbocycles. The maximum absolute atomic E-state index is 12.7. The molecule has 6 heteroatoms. The molecule has 2 rings (SSSR count). The van der Waals surface area contributed by atoms with Gasteiger partial charge in [-0.3, -0.25) is 4.68 Å². The van der Waals surface area contributed by atoms with Crippen molar-refractivity contribution in [1.29, 1.82) is 0 Å². The summed E-state index contributed by atoms with van der Waals surface area (Å²) in [6.45, 7) is 1.54. The first-order valence-electron chi connectivity index (χ1n) is 5.37. The Kier molecular flexibility index (Phi) is 5.61. The number of benzene rings is 1. The summed E-state index contributed by atoms with van der Waals surface area (Å²) in [5.74, 6) is 0.457. The zero-order valence-electron chi connectivity index (χ0n) is 9.75. The van der Waals surface area contributed by atoms with Crippen molar-refractivity contribution in [1.82, 2.24) is 9.78 Å². The van der Waals surface area contributed by atoms with Crippen molar-refractivity contribution in [2.75, 3.05) is 13.2 Å². The molecular weight excluding hydrogens is 257 g/mol. The highest BCUT2D eigenvalue weighted by molar-refractivity contribution is 5.85. The largest absolute Gasteiger partial charge is 0.489 e. The highest BCUT2D eigenvalue weighted by Crippen LogP contribution is 2.10. The van der Waals surface area contributed by atoms with Crippen LogP contribution in [-0.2, 0) is 6.54 Å². The van der Waals surface area contributed by atoms with Gasteiger partial charge in [0.2, 0.25) is 0 Å². The van der Waals surface area contributed by atoms with Crippen LogP contribution >= 0.6 is 12.4 Å². The summed E-state index contributed by atoms with van der Waals surface area (Å²) >= 11 is 0. The molecule has 2 N–H and O–H groups in total. The Morgan fingerprint density at radius 2 is 2.00 bits per heavy atom. The van der Waals surface area contributed by atoms with Crippen LogP contribution in [0.3, 0.4) is 0 Å². The number of rotatable bonds is 5. The van der Waals surface area contributed by atoms with Crippen LogP contribution in [0.15, 0.2) is 36.7 Å². The van der Waals surface area contributed by atoms with Crippen molar-refractivity contribution >= 4 is 12.4 Å². The summed E-state index contributed by atoms with van der Waals surface area (Å²) < 4.78 is 19.8. The summed E-state index contributed by atoms with van der Waals surface area (Å²) in [6, 6.07) is 6.34. The van der Waals surface area contributed by atoms with E-state index < -0.39 is 0 Å². The summed E-state index contributed by atoms with van der Waals surface area (Å²) in [5, 5.41) is 4.14. The van der Waals surface area contributed by atoms with Gasteiger partial charge in [-0.1, -0.05) is 12.1 Å². The predicted octanol–water partition coefficient (Wildman–Crippen LogP) is 1.83. The second-order valence-electron chi connectivity index (χ2n) is 3.64. The Morgan fingerprint density at radius 3 is 2.67 bits per heavy atom. The molecule has 0 aliphatic rings. The molecule has 2 aromatic rings. The Bertz CT molecular complexity index is 472. The molecule has 0 amide bonds. The van der Waals surface area contributed by atoms with E-state index in [0.29, 0.717) is 25.4 Å². The van der Waals surface area contributed by atoms with Gasteiger partial charge in [-0.05, 0) is 17.7 Å². The molecule has 1 heterocycles. The van der Waals surface area contributed by atoms with E-state index in [0.717, 1.165) is 5.56 Å². The lowest BCUT2D eigenvalue weighted by atomic mass is 10.2. The van der Waals surface area contributed by atoms with Gasteiger partial charge in [0.15, 0.2) is 5.75 Å². The van der Waals surface area contributed by atoms with E-state index in [1.165, 1.54) is 12.1 Å². The number of hydrogen-bond acceptors (Lipinski definition) is 3. The average molecular weight is 272 g/mol. The van der Waals surface area contributed by atoms with Crippen molar-refractivity contribution in [3.8, 4) is 5.75 Å². The van der Waals surface area contributed by atoms with Gasteiger partial charge < -0.3 is 10.5 Å². The van der Waals surface area contributed by atoms with Crippen LogP contribution in [-0.4, -0.2) is 22.9 Å². The lowest BCUT2D eigenvalue weighted by Crippen LogP contribution is -2.10. The molecule has 98 valence electrons. The monoisotopic (exact) mass is 271 g/mol. The lowest BCUT2D eigenvalue weighted by Gasteiger charge is -2.01. The van der Waals surface area contributed by atoms with Gasteiger partial charge in [-0.2, -0.15) is 5.10 Å². The number of nitrogens with two attached hydrogens (primary N) is 1. The summed E-state index contributed by atoms with van der Waals surface area (Å²) in [7, 11) is 0. The number of aromatic nitrogens is 2. The minimum atomic E-state index is -0.235. The molecule has 0 saturated carbocycles. The van der Waals surface area contributed by atoms with Crippen molar-refractivity contribution in [2.45, 2.75) is 6.54 Å². The molecule has 1 aromatic carbocycles. The fourth-order valence-electron chi connectivity index (χ4n) is 1.46. The molecule has 4 nitrogen and oxygen atoms in total. The fourth-order valence-corrected chi connectivity index (χ4v) is 1.46. The van der Waals surface area contributed by atoms with E-state index in [-0.39, 0.29) is 18.2 Å². The van der Waals surface area contributed by atoms with Gasteiger partial charge in [-0.25, -0.2) is 4.39 Å². The van der Waals surface area contributed by atoms with Crippen LogP contribution in [0.5, 0.6) is 5.75 Å². The Morgan fingerprint density at radius 1 is 1.28 bits per heavy atom. The third-order valence-electron chi connectivity index (χ3n) is 2.25. The number of ether oxygens (including phenoxy) is 1. The maximum Gasteiger partial charge on any atom is 0.157 e. The first kappa shape index (κ1) is 14.5. The van der Waals surface area contributed by atoms with Crippen molar-refractivity contribution in [3.63, 3.8) is 0 Å². The molecule has 0 spiro atoms. The Balaban J connectivity index is 0.00000162. The number of hydrogen-bond donors (Lipinski definition) is 1. The quantitative estimate of drug-likeness (QED) is 0.903. The second kappa shape index (κ2) is 6.98. The fraction of sp³-hybridized carbons (Fsp3) is 0.250. The number of halogens is 2. The molecule has 0 aliphatic heterocycles. The lowest BCUT2D eigenvalue weighted by molar-refractivity contribution is 0.328. The molecule has 0 unspecified atom stereocenters. The van der Waals surface area contributed by atoms with Gasteiger partial charge in [0.05, 0.1) is 18.9 Å². The van der Waals surface area contributed by atoms with Gasteiger partial charge in [0.1, 0.15) is 12.4 Å². The predicted molar refractivity (Wildman–Crippen MR) is 69.5 cm³/mol. The van der Waals surface area contributed by atoms with Crippen molar-refractivity contribution < 1.29 is 9.13 Å². The van der Waals surface area contributed by atoms with E-state index in [1.807, 2.05) is 0 Å². The molecule has 0 saturated heterocycles. The highest BCUT2D eigenvalue weighted by Gasteiger charge is 2.00. The SMILES string of the molecule is Cl.NCCOc1cnn(Cc2ccc(F)cc2)c1. The van der Waals surface area contributed by atoms with Gasteiger partial charge in [0, 0.05) is 6.54 Å². The minimum Gasteiger partial charge on any atom is -0.489 e. The van der Waals surface area contributed by atoms with E-state index >= 15 is 0 Å². The third kappa shape index (κ3) is 4.01. The van der Waals surface area contributed by atoms with Crippen molar-refractivity contribution in [3.05, 3.63) is 48.0 Å². The highest BCUT2D eigenvalue weighted by atomic mass is 35.5. The van der Waals surface area contributed by atoms with Crippen LogP contribution in [0.1, 0.15) is 5.56 Å². The summed E-state index contributed by atoms with van der Waals surface area (Å²) in [5.41, 5.74) is 6.32. The molecular formula is C12H15ClFN3O. The molecule has 0 fully saturated rings. The Labute approximate surface area is 111 Å². The summed E-state index contributed by atoms with van der Waals surface area (Å²) in [4.78, 5) is 0. The van der Waals surface area contributed by atoms with Gasteiger partial charge in [-0.15, -0.1) is 12.4 Å². The smallest absolute Gasteiger partial charge is 0.157 e. The minimum absolute atomic E-state index is 0. The zero-order chi connectivity index (χ0) is 12.1. The van der Waals surface area contributed by atoms with Crippen LogP contribution in [0.2, 0.25) is 0 Å². The molecule has 1 aromatic heterocycles. The molecule has 0 atom stereocenters. The molecule has 0 bridgehead atoms. The average Bonchev–Trinajstić information content (AvgIpc) is 2.77. The van der Waals surface area contributed by atoms with Gasteiger partial charge >= 0.3 is 0 Å². The van der Waals surface area contributed by atoms with Crippen LogP contribution < -0.4 is 10.5 Å². The van der Waals surface area contributed by atoms with E-state index in [9.17, 15) is 4.39 Å². The second-order valence-corrected chi connectivity index (χ2v) is 3.64. The Hall–Kier alpha value is -1.59. The third-order valence-corrected chi connectivity index (χ3v) is 2.25. The standard InChI is InChI=1S/C12H14FN3O.ClH/c13-11-3-1-10(2-4-11)8-16-9-12(7-15-16)17-6-5-14;/h1-4,7,9H,5-6,8,14H2;1H. The van der Waals surface area contributed by atoms with Crippen LogP contribution in [0.4, 0.5) is 4.39 Å². The maximum atomic E-state index is 12.7. The normalized spacial score (nSPS) is 9.89. The first-order valence-corrected chi connectivity index (χ1v) is 5.37. The molecule has 0 radical (unpaired) electrons. The van der Waals surface area contributed by atoms with E-state index in [4.69, 9.17) is 10.5 Å². The number of nitrogens with zero attached hydrogens (tertiary/aromatic N) is 2. The van der Waals surface area contributed by atoms with E-state index in [2.05, 4.69) is 5.10 Å². The van der Waals surface area contributed by atoms with Gasteiger partial charge in [0.25, 0.3) is 0 Å². The van der Waals surface area contributed by atoms with Crippen molar-refractivity contribution in [2.24, 2.45) is 5.73 Å². The van der Waals surface area contributed by atoms with Crippen LogP contribution in [0, 0.1) is 5.82 Å². The first-order chi connectivity index (χ1) is 8.28. The zero-order valence-corrected chi connectivity index (χ0v) is 10.6. The van der Waals surface area contributed by atoms with Crippen LogP contribution in [0.25, 0.3) is 0 Å².